The summed E-state index contributed by atoms with van der Waals surface area (Å²) < 4.78 is 44.9. The smallest absolute Gasteiger partial charge is 0.449 e. The average Bonchev–Trinajstić information content (AvgIpc) is 2.45. The summed E-state index contributed by atoms with van der Waals surface area (Å²) in [7, 11) is 0. The van der Waals surface area contributed by atoms with Crippen molar-refractivity contribution in [3.05, 3.63) is 35.9 Å². The normalized spacial score (nSPS) is 18.3. The van der Waals surface area contributed by atoms with Crippen LogP contribution in [-0.4, -0.2) is 36.7 Å². The van der Waals surface area contributed by atoms with Crippen molar-refractivity contribution in [3.8, 4) is 0 Å². The summed E-state index contributed by atoms with van der Waals surface area (Å²) >= 11 is 0. The predicted molar refractivity (Wildman–Crippen MR) is 89.0 cm³/mol. The van der Waals surface area contributed by atoms with Crippen LogP contribution in [0.3, 0.4) is 0 Å². The van der Waals surface area contributed by atoms with E-state index >= 15 is 0 Å². The monoisotopic (exact) mass is 342 g/mol. The summed E-state index contributed by atoms with van der Waals surface area (Å²) in [6.07, 6.45) is -0.685. The van der Waals surface area contributed by atoms with Crippen LogP contribution in [-0.2, 0) is 10.2 Å². The number of hydrogen-bond donors (Lipinski definition) is 0. The molecule has 1 amide bonds. The van der Waals surface area contributed by atoms with Crippen LogP contribution >= 0.6 is 0 Å². The van der Waals surface area contributed by atoms with Crippen LogP contribution in [0.15, 0.2) is 30.3 Å². The molecule has 0 unspecified atom stereocenters. The molecule has 0 radical (unpaired) electrons. The number of nitrogens with zero attached hydrogens (tertiary/aromatic N) is 1. The highest BCUT2D eigenvalue weighted by Gasteiger charge is 2.43. The lowest BCUT2D eigenvalue weighted by atomic mass is 9.60. The van der Waals surface area contributed by atoms with Crippen molar-refractivity contribution in [2.24, 2.45) is 0 Å². The van der Waals surface area contributed by atoms with E-state index in [0.717, 1.165) is 0 Å². The molecule has 1 aliphatic rings. The number of likely N-dealkylation sites (tertiary alicyclic amines) is 1. The number of rotatable bonds is 3. The van der Waals surface area contributed by atoms with Gasteiger partial charge >= 0.3 is 13.1 Å². The van der Waals surface area contributed by atoms with E-state index in [4.69, 9.17) is 4.74 Å². The van der Waals surface area contributed by atoms with Gasteiger partial charge in [0, 0.05) is 13.1 Å². The maximum Gasteiger partial charge on any atom is 0.479 e. The third-order valence-electron chi connectivity index (χ3n) is 4.38. The molecule has 0 atom stereocenters. The van der Waals surface area contributed by atoms with Crippen LogP contribution in [0.25, 0.3) is 0 Å². The number of halogens is 3. The van der Waals surface area contributed by atoms with Crippen molar-refractivity contribution in [1.82, 2.24) is 4.90 Å². The van der Waals surface area contributed by atoms with Crippen molar-refractivity contribution in [3.63, 3.8) is 0 Å². The quantitative estimate of drug-likeness (QED) is 0.739. The first-order valence-corrected chi connectivity index (χ1v) is 8.25. The Labute approximate surface area is 141 Å². The minimum Gasteiger partial charge on any atom is -0.449 e. The first-order chi connectivity index (χ1) is 11.0. The summed E-state index contributed by atoms with van der Waals surface area (Å²) in [6, 6.07) is 8.84. The third kappa shape index (κ3) is 4.92. The van der Waals surface area contributed by atoms with Gasteiger partial charge in [0.05, 0.1) is 0 Å². The SMILES string of the molecule is CC(C)(C)OC(=O)N1CCC(C[B-](F)(F)F)(c2ccccc2)CC1. The van der Waals surface area contributed by atoms with Crippen molar-refractivity contribution < 1.29 is 22.5 Å². The Morgan fingerprint density at radius 2 is 1.71 bits per heavy atom. The molecule has 1 aliphatic heterocycles. The highest BCUT2D eigenvalue weighted by Crippen LogP contribution is 2.43. The molecular formula is C17H24BF3NO2-. The minimum absolute atomic E-state index is 0.274. The van der Waals surface area contributed by atoms with E-state index < -0.39 is 30.4 Å². The van der Waals surface area contributed by atoms with Gasteiger partial charge in [0.15, 0.2) is 0 Å². The first kappa shape index (κ1) is 18.7. The van der Waals surface area contributed by atoms with Crippen molar-refractivity contribution in [1.29, 1.82) is 0 Å². The molecule has 24 heavy (non-hydrogen) atoms. The van der Waals surface area contributed by atoms with E-state index in [9.17, 15) is 17.7 Å². The molecule has 0 bridgehead atoms. The average molecular weight is 342 g/mol. The fourth-order valence-electron chi connectivity index (χ4n) is 3.29. The van der Waals surface area contributed by atoms with E-state index in [1.54, 1.807) is 51.1 Å². The first-order valence-electron chi connectivity index (χ1n) is 8.25. The molecule has 1 aromatic carbocycles. The van der Waals surface area contributed by atoms with Gasteiger partial charge in [-0.2, -0.15) is 0 Å². The lowest BCUT2D eigenvalue weighted by molar-refractivity contribution is 0.0169. The van der Waals surface area contributed by atoms with Crippen molar-refractivity contribution >= 4 is 13.1 Å². The molecule has 0 spiro atoms. The van der Waals surface area contributed by atoms with Gasteiger partial charge in [0.1, 0.15) is 5.60 Å². The highest BCUT2D eigenvalue weighted by atomic mass is 19.4. The molecule has 1 saturated heterocycles. The summed E-state index contributed by atoms with van der Waals surface area (Å²) in [5.41, 5.74) is -0.856. The highest BCUT2D eigenvalue weighted by molar-refractivity contribution is 6.58. The van der Waals surface area contributed by atoms with E-state index in [1.165, 1.54) is 4.90 Å². The molecule has 3 nitrogen and oxygen atoms in total. The molecule has 1 fully saturated rings. The molecule has 0 N–H and O–H groups in total. The number of carbonyl (C=O) groups excluding carboxylic acids is 1. The van der Waals surface area contributed by atoms with Crippen molar-refractivity contribution in [2.75, 3.05) is 13.1 Å². The van der Waals surface area contributed by atoms with Gasteiger partial charge in [-0.3, -0.25) is 0 Å². The Balaban J connectivity index is 2.15. The van der Waals surface area contributed by atoms with E-state index in [1.807, 2.05) is 0 Å². The zero-order valence-corrected chi connectivity index (χ0v) is 14.4. The maximum atomic E-state index is 13.2. The molecule has 2 rings (SSSR count). The van der Waals surface area contributed by atoms with Gasteiger partial charge in [-0.15, -0.1) is 0 Å². The van der Waals surface area contributed by atoms with Gasteiger partial charge in [0.25, 0.3) is 0 Å². The van der Waals surface area contributed by atoms with Crippen LogP contribution in [0.1, 0.15) is 39.2 Å². The molecule has 0 saturated carbocycles. The van der Waals surface area contributed by atoms with Crippen LogP contribution in [0.4, 0.5) is 17.7 Å². The molecular weight excluding hydrogens is 318 g/mol. The number of piperidine rings is 1. The summed E-state index contributed by atoms with van der Waals surface area (Å²) in [5.74, 6) is 0. The summed E-state index contributed by atoms with van der Waals surface area (Å²) in [4.78, 5) is 13.6. The number of ether oxygens (including phenoxy) is 1. The fourth-order valence-corrected chi connectivity index (χ4v) is 3.29. The second-order valence-corrected chi connectivity index (χ2v) is 7.53. The Morgan fingerprint density at radius 3 is 2.17 bits per heavy atom. The summed E-state index contributed by atoms with van der Waals surface area (Å²) in [6.45, 7) is 0.957. The topological polar surface area (TPSA) is 29.5 Å². The lowest BCUT2D eigenvalue weighted by Gasteiger charge is -2.45. The molecule has 0 aromatic heterocycles. The number of benzene rings is 1. The lowest BCUT2D eigenvalue weighted by Crippen LogP contribution is -2.48. The van der Waals surface area contributed by atoms with Crippen LogP contribution < -0.4 is 0 Å². The van der Waals surface area contributed by atoms with Crippen molar-refractivity contribution in [2.45, 2.75) is 50.9 Å². The molecule has 1 heterocycles. The zero-order valence-electron chi connectivity index (χ0n) is 14.4. The van der Waals surface area contributed by atoms with E-state index in [2.05, 4.69) is 0 Å². The van der Waals surface area contributed by atoms with Crippen LogP contribution in [0.5, 0.6) is 0 Å². The van der Waals surface area contributed by atoms with Gasteiger partial charge in [-0.05, 0) is 44.6 Å². The number of hydrogen-bond acceptors (Lipinski definition) is 2. The standard InChI is InChI=1S/C17H24BF3NO2/c1-16(2,3)24-15(23)22-11-9-17(10-12-22,13-18(19,20)21)14-7-5-4-6-8-14/h4-8H,9-13H2,1-3H3/q-1. The Bertz CT molecular complexity index is 561. The van der Waals surface area contributed by atoms with E-state index in [-0.39, 0.29) is 25.9 Å². The Kier molecular flexibility index (Phi) is 5.21. The Morgan fingerprint density at radius 1 is 1.17 bits per heavy atom. The molecule has 0 aliphatic carbocycles. The molecule has 1 aromatic rings. The van der Waals surface area contributed by atoms with Gasteiger partial charge < -0.3 is 22.6 Å². The van der Waals surface area contributed by atoms with Gasteiger partial charge in [-0.1, -0.05) is 36.7 Å². The zero-order chi connectivity index (χ0) is 18.0. The summed E-state index contributed by atoms with van der Waals surface area (Å²) in [5, 5.41) is 0. The third-order valence-corrected chi connectivity index (χ3v) is 4.38. The largest absolute Gasteiger partial charge is 0.479 e. The van der Waals surface area contributed by atoms with E-state index in [0.29, 0.717) is 5.56 Å². The van der Waals surface area contributed by atoms with Crippen LogP contribution in [0, 0.1) is 0 Å². The number of carbonyl (C=O) groups is 1. The molecule has 7 heteroatoms. The number of amides is 1. The minimum atomic E-state index is -4.91. The van der Waals surface area contributed by atoms with Gasteiger partial charge in [0.2, 0.25) is 0 Å². The fraction of sp³-hybridized carbons (Fsp3) is 0.588. The second kappa shape index (κ2) is 6.69. The second-order valence-electron chi connectivity index (χ2n) is 7.53. The van der Waals surface area contributed by atoms with Crippen LogP contribution in [0.2, 0.25) is 6.32 Å². The van der Waals surface area contributed by atoms with Gasteiger partial charge in [-0.25, -0.2) is 4.79 Å². The maximum absolute atomic E-state index is 13.2. The predicted octanol–water partition coefficient (Wildman–Crippen LogP) is 4.80. The molecule has 134 valence electrons. The Hall–Kier alpha value is -1.66.